The van der Waals surface area contributed by atoms with Gasteiger partial charge in [-0.25, -0.2) is 5.01 Å². The molecule has 1 N–H and O–H groups in total. The highest BCUT2D eigenvalue weighted by Crippen LogP contribution is 2.39. The average molecular weight is 470 g/mol. The normalized spacial score (nSPS) is 24.2. The summed E-state index contributed by atoms with van der Waals surface area (Å²) < 4.78 is 0. The highest BCUT2D eigenvalue weighted by molar-refractivity contribution is 8.14. The van der Waals surface area contributed by atoms with Crippen molar-refractivity contribution >= 4 is 34.2 Å². The number of nitrogens with one attached hydrogen (secondary N) is 1. The van der Waals surface area contributed by atoms with Crippen LogP contribution >= 0.6 is 11.8 Å². The van der Waals surface area contributed by atoms with E-state index in [2.05, 4.69) is 82.3 Å². The SMILES string of the molecule is CC1=C(c2ccc(N(C)C)cc2)NC2SC(N3CCC(C(=O)N4CCN(C)CC4)CC3)=NN12. The molecule has 1 aromatic carbocycles. The molecule has 2 fully saturated rings. The Morgan fingerprint density at radius 3 is 2.33 bits per heavy atom. The van der Waals surface area contributed by atoms with Crippen LogP contribution in [0.3, 0.4) is 0 Å². The molecule has 4 heterocycles. The molecule has 1 atom stereocenters. The van der Waals surface area contributed by atoms with Crippen LogP contribution in [0, 0.1) is 5.92 Å². The van der Waals surface area contributed by atoms with Crippen molar-refractivity contribution in [3.8, 4) is 0 Å². The van der Waals surface area contributed by atoms with Gasteiger partial charge in [-0.05, 0) is 56.3 Å². The van der Waals surface area contributed by atoms with Gasteiger partial charge in [0, 0.05) is 65.0 Å². The molecule has 0 radical (unpaired) electrons. The Kier molecular flexibility index (Phi) is 6.18. The second-order valence-corrected chi connectivity index (χ2v) is 10.7. The summed E-state index contributed by atoms with van der Waals surface area (Å²) in [7, 11) is 6.24. The number of likely N-dealkylation sites (tertiary alicyclic amines) is 1. The fourth-order valence-corrected chi connectivity index (χ4v) is 6.11. The maximum absolute atomic E-state index is 12.9. The van der Waals surface area contributed by atoms with Crippen molar-refractivity contribution in [3.63, 3.8) is 0 Å². The molecule has 4 aliphatic heterocycles. The Hall–Kier alpha value is -2.39. The molecular weight excluding hydrogens is 434 g/mol. The van der Waals surface area contributed by atoms with Crippen LogP contribution in [-0.2, 0) is 4.79 Å². The molecule has 0 saturated carbocycles. The number of hydrazone groups is 1. The van der Waals surface area contributed by atoms with Crippen LogP contribution in [0.1, 0.15) is 25.3 Å². The number of thioether (sulfide) groups is 1. The van der Waals surface area contributed by atoms with Gasteiger partial charge in [0.2, 0.25) is 5.91 Å². The first-order valence-corrected chi connectivity index (χ1v) is 12.8. The highest BCUT2D eigenvalue weighted by atomic mass is 32.2. The number of carbonyl (C=O) groups excluding carboxylic acids is 1. The Morgan fingerprint density at radius 1 is 1.06 bits per heavy atom. The Labute approximate surface area is 201 Å². The van der Waals surface area contributed by atoms with Crippen molar-refractivity contribution in [1.82, 2.24) is 25.0 Å². The van der Waals surface area contributed by atoms with Gasteiger partial charge in [0.05, 0.1) is 11.4 Å². The molecule has 178 valence electrons. The molecular formula is C24H35N7OS. The van der Waals surface area contributed by atoms with Crippen LogP contribution in [0.2, 0.25) is 0 Å². The summed E-state index contributed by atoms with van der Waals surface area (Å²) >= 11 is 1.78. The van der Waals surface area contributed by atoms with Gasteiger partial charge < -0.3 is 24.9 Å². The van der Waals surface area contributed by atoms with Gasteiger partial charge in [0.25, 0.3) is 0 Å². The van der Waals surface area contributed by atoms with E-state index in [0.29, 0.717) is 5.91 Å². The summed E-state index contributed by atoms with van der Waals surface area (Å²) in [5.74, 6) is 0.516. The largest absolute Gasteiger partial charge is 0.378 e. The minimum Gasteiger partial charge on any atom is -0.378 e. The minimum atomic E-state index is 0.105. The fourth-order valence-electron chi connectivity index (χ4n) is 4.96. The van der Waals surface area contributed by atoms with Crippen LogP contribution in [-0.4, -0.2) is 96.7 Å². The monoisotopic (exact) mass is 469 g/mol. The number of piperidine rings is 1. The minimum absolute atomic E-state index is 0.105. The summed E-state index contributed by atoms with van der Waals surface area (Å²) in [6.07, 6.45) is 1.84. The molecule has 33 heavy (non-hydrogen) atoms. The molecule has 8 nitrogen and oxygen atoms in total. The lowest BCUT2D eigenvalue weighted by molar-refractivity contribution is -0.138. The van der Waals surface area contributed by atoms with E-state index in [1.807, 2.05) is 0 Å². The molecule has 5 rings (SSSR count). The lowest BCUT2D eigenvalue weighted by Crippen LogP contribution is -2.50. The van der Waals surface area contributed by atoms with Crippen molar-refractivity contribution in [2.45, 2.75) is 25.3 Å². The number of piperazine rings is 1. The maximum Gasteiger partial charge on any atom is 0.225 e. The second kappa shape index (κ2) is 9.10. The van der Waals surface area contributed by atoms with Gasteiger partial charge in [-0.3, -0.25) is 4.79 Å². The van der Waals surface area contributed by atoms with Crippen molar-refractivity contribution < 1.29 is 4.79 Å². The quantitative estimate of drug-likeness (QED) is 0.728. The van der Waals surface area contributed by atoms with Crippen molar-refractivity contribution in [3.05, 3.63) is 35.5 Å². The van der Waals surface area contributed by atoms with Crippen LogP contribution in [0.25, 0.3) is 5.70 Å². The standard InChI is InChI=1S/C24H35N7OS/c1-17-21(18-5-7-20(8-6-18)27(2)3)25-23-31(17)26-24(33-23)30-11-9-19(10-12-30)22(32)29-15-13-28(4)14-16-29/h5-8,19,23,25H,9-16H2,1-4H3. The third-order valence-corrected chi connectivity index (χ3v) is 8.30. The molecule has 9 heteroatoms. The van der Waals surface area contributed by atoms with E-state index in [1.54, 1.807) is 11.8 Å². The molecule has 1 aromatic rings. The Bertz CT molecular complexity index is 944. The summed E-state index contributed by atoms with van der Waals surface area (Å²) in [5.41, 5.74) is 4.79. The Balaban J connectivity index is 1.19. The first kappa shape index (κ1) is 22.4. The van der Waals surface area contributed by atoms with Crippen LogP contribution in [0.5, 0.6) is 0 Å². The van der Waals surface area contributed by atoms with Gasteiger partial charge in [0.15, 0.2) is 10.7 Å². The van der Waals surface area contributed by atoms with Crippen LogP contribution in [0.15, 0.2) is 35.1 Å². The van der Waals surface area contributed by atoms with E-state index in [0.717, 1.165) is 68.7 Å². The molecule has 4 aliphatic rings. The number of rotatable bonds is 3. The molecule has 1 amide bonds. The number of amidine groups is 1. The molecule has 0 aromatic heterocycles. The Morgan fingerprint density at radius 2 is 1.73 bits per heavy atom. The zero-order valence-electron chi connectivity index (χ0n) is 20.1. The number of nitrogens with zero attached hydrogens (tertiary/aromatic N) is 6. The molecule has 0 spiro atoms. The van der Waals surface area contributed by atoms with E-state index < -0.39 is 0 Å². The first-order valence-electron chi connectivity index (χ1n) is 11.9. The third kappa shape index (κ3) is 4.40. The number of carbonyl (C=O) groups is 1. The number of amides is 1. The van der Waals surface area contributed by atoms with E-state index >= 15 is 0 Å². The smallest absolute Gasteiger partial charge is 0.225 e. The summed E-state index contributed by atoms with van der Waals surface area (Å²) in [6.45, 7) is 7.64. The first-order chi connectivity index (χ1) is 15.9. The van der Waals surface area contributed by atoms with E-state index in [1.165, 1.54) is 11.3 Å². The van der Waals surface area contributed by atoms with Gasteiger partial charge in [-0.2, -0.15) is 0 Å². The van der Waals surface area contributed by atoms with Crippen LogP contribution in [0.4, 0.5) is 5.69 Å². The number of anilines is 1. The van der Waals surface area contributed by atoms with Crippen molar-refractivity contribution in [2.24, 2.45) is 11.0 Å². The number of fused-ring (bicyclic) bond motifs is 1. The van der Waals surface area contributed by atoms with E-state index in [9.17, 15) is 4.79 Å². The lowest BCUT2D eigenvalue weighted by atomic mass is 9.95. The van der Waals surface area contributed by atoms with Crippen LogP contribution < -0.4 is 10.2 Å². The van der Waals surface area contributed by atoms with Crippen molar-refractivity contribution in [2.75, 3.05) is 65.3 Å². The van der Waals surface area contributed by atoms with Gasteiger partial charge >= 0.3 is 0 Å². The van der Waals surface area contributed by atoms with Gasteiger partial charge in [-0.15, -0.1) is 5.10 Å². The number of likely N-dealkylation sites (N-methyl/N-ethyl adjacent to an activating group) is 1. The summed E-state index contributed by atoms with van der Waals surface area (Å²) in [6, 6.07) is 8.63. The molecule has 0 bridgehead atoms. The number of allylic oxidation sites excluding steroid dienone is 1. The number of benzene rings is 1. The van der Waals surface area contributed by atoms with E-state index in [-0.39, 0.29) is 11.4 Å². The summed E-state index contributed by atoms with van der Waals surface area (Å²) in [4.78, 5) is 21.8. The highest BCUT2D eigenvalue weighted by Gasteiger charge is 2.39. The predicted molar refractivity (Wildman–Crippen MR) is 136 cm³/mol. The molecule has 2 saturated heterocycles. The third-order valence-electron chi connectivity index (χ3n) is 7.21. The lowest BCUT2D eigenvalue weighted by Gasteiger charge is -2.37. The van der Waals surface area contributed by atoms with E-state index in [4.69, 9.17) is 5.10 Å². The maximum atomic E-state index is 12.9. The fraction of sp³-hybridized carbons (Fsp3) is 0.583. The summed E-state index contributed by atoms with van der Waals surface area (Å²) in [5, 5.41) is 11.8. The topological polar surface area (TPSA) is 57.7 Å². The number of hydrogen-bond donors (Lipinski definition) is 1. The van der Waals surface area contributed by atoms with Gasteiger partial charge in [-0.1, -0.05) is 12.1 Å². The second-order valence-electron chi connectivity index (χ2n) is 9.63. The van der Waals surface area contributed by atoms with Crippen molar-refractivity contribution in [1.29, 1.82) is 0 Å². The molecule has 1 unspecified atom stereocenters. The average Bonchev–Trinajstić information content (AvgIpc) is 3.39. The zero-order valence-corrected chi connectivity index (χ0v) is 20.9. The van der Waals surface area contributed by atoms with Gasteiger partial charge in [0.1, 0.15) is 0 Å². The zero-order chi connectivity index (χ0) is 23.1. The molecule has 0 aliphatic carbocycles. The number of hydrogen-bond acceptors (Lipinski definition) is 8. The predicted octanol–water partition coefficient (Wildman–Crippen LogP) is 2.13.